The average Bonchev–Trinajstić information content (AvgIpc) is 3.08. The van der Waals surface area contributed by atoms with Gasteiger partial charge in [0.25, 0.3) is 5.56 Å². The summed E-state index contributed by atoms with van der Waals surface area (Å²) in [5.74, 6) is -1.30. The van der Waals surface area contributed by atoms with E-state index in [-0.39, 0.29) is 23.5 Å². The summed E-state index contributed by atoms with van der Waals surface area (Å²) in [6.45, 7) is 4.81. The Hall–Kier alpha value is -3.27. The molecule has 2 aromatic heterocycles. The first-order valence-electron chi connectivity index (χ1n) is 8.64. The molecular formula is C19H19FN4O4S. The van der Waals surface area contributed by atoms with Gasteiger partial charge < -0.3 is 10.1 Å². The van der Waals surface area contributed by atoms with E-state index in [1.807, 2.05) is 0 Å². The van der Waals surface area contributed by atoms with Gasteiger partial charge in [0.15, 0.2) is 0 Å². The minimum absolute atomic E-state index is 0.138. The van der Waals surface area contributed by atoms with Crippen molar-refractivity contribution in [1.29, 1.82) is 0 Å². The van der Waals surface area contributed by atoms with E-state index in [0.717, 1.165) is 10.6 Å². The fourth-order valence-corrected chi connectivity index (χ4v) is 3.19. The molecule has 3 rings (SSSR count). The first-order valence-corrected chi connectivity index (χ1v) is 9.52. The van der Waals surface area contributed by atoms with E-state index in [2.05, 4.69) is 15.6 Å². The monoisotopic (exact) mass is 418 g/mol. The molecule has 0 radical (unpaired) electrons. The number of ether oxygens (including phenoxy) is 1. The Labute approximate surface area is 169 Å². The minimum atomic E-state index is -0.705. The third-order valence-electron chi connectivity index (χ3n) is 3.65. The Morgan fingerprint density at radius 3 is 2.72 bits per heavy atom. The van der Waals surface area contributed by atoms with E-state index in [1.165, 1.54) is 29.8 Å². The highest BCUT2D eigenvalue weighted by atomic mass is 32.1. The predicted molar refractivity (Wildman–Crippen MR) is 109 cm³/mol. The highest BCUT2D eigenvalue weighted by Gasteiger charge is 2.17. The van der Waals surface area contributed by atoms with Gasteiger partial charge in [-0.2, -0.15) is 0 Å². The number of hydrogen-bond acceptors (Lipinski definition) is 6. The second-order valence-electron chi connectivity index (χ2n) is 7.19. The standard InChI is InChI=1S/C19H19FN4O4S/c1-19(2,3)28-18(27)22-11-4-5-13(20)14(8-11)23-15(25)9-24-10-21-16-12(17(24)26)6-7-29-16/h4-8,10H,9H2,1-3H3,(H,22,27)(H,23,25). The zero-order valence-corrected chi connectivity index (χ0v) is 16.8. The molecule has 10 heteroatoms. The molecule has 2 heterocycles. The van der Waals surface area contributed by atoms with Crippen LogP contribution in [0, 0.1) is 5.82 Å². The molecule has 0 saturated heterocycles. The third kappa shape index (κ3) is 5.17. The van der Waals surface area contributed by atoms with Crippen molar-refractivity contribution in [1.82, 2.24) is 9.55 Å². The van der Waals surface area contributed by atoms with Gasteiger partial charge >= 0.3 is 6.09 Å². The quantitative estimate of drug-likeness (QED) is 0.674. The molecule has 3 aromatic rings. The molecule has 2 amide bonds. The van der Waals surface area contributed by atoms with E-state index >= 15 is 0 Å². The third-order valence-corrected chi connectivity index (χ3v) is 4.47. The van der Waals surface area contributed by atoms with Crippen LogP contribution in [0.3, 0.4) is 0 Å². The minimum Gasteiger partial charge on any atom is -0.444 e. The van der Waals surface area contributed by atoms with Crippen molar-refractivity contribution in [2.24, 2.45) is 0 Å². The van der Waals surface area contributed by atoms with Crippen LogP contribution < -0.4 is 16.2 Å². The lowest BCUT2D eigenvalue weighted by atomic mass is 10.2. The lowest BCUT2D eigenvalue weighted by Crippen LogP contribution is -2.28. The summed E-state index contributed by atoms with van der Waals surface area (Å²) in [6, 6.07) is 5.34. The Kier molecular flexibility index (Phi) is 5.64. The van der Waals surface area contributed by atoms with Gasteiger partial charge in [0, 0.05) is 5.69 Å². The smallest absolute Gasteiger partial charge is 0.412 e. The molecule has 0 unspecified atom stereocenters. The van der Waals surface area contributed by atoms with Gasteiger partial charge in [-0.1, -0.05) is 0 Å². The number of nitrogens with one attached hydrogen (secondary N) is 2. The van der Waals surface area contributed by atoms with Gasteiger partial charge in [-0.3, -0.25) is 19.5 Å². The van der Waals surface area contributed by atoms with Gasteiger partial charge in [0.2, 0.25) is 5.91 Å². The van der Waals surface area contributed by atoms with E-state index in [9.17, 15) is 18.8 Å². The van der Waals surface area contributed by atoms with E-state index in [4.69, 9.17) is 4.74 Å². The van der Waals surface area contributed by atoms with Crippen LogP contribution in [0.15, 0.2) is 40.8 Å². The Bertz CT molecular complexity index is 1130. The van der Waals surface area contributed by atoms with Crippen molar-refractivity contribution in [2.75, 3.05) is 10.6 Å². The van der Waals surface area contributed by atoms with Crippen LogP contribution >= 0.6 is 11.3 Å². The molecular weight excluding hydrogens is 399 g/mol. The number of hydrogen-bond donors (Lipinski definition) is 2. The topological polar surface area (TPSA) is 102 Å². The summed E-state index contributed by atoms with van der Waals surface area (Å²) in [6.07, 6.45) is 0.570. The average molecular weight is 418 g/mol. The number of anilines is 2. The van der Waals surface area contributed by atoms with Crippen LogP contribution in [0.5, 0.6) is 0 Å². The summed E-state index contributed by atoms with van der Waals surface area (Å²) in [4.78, 5) is 41.2. The lowest BCUT2D eigenvalue weighted by Gasteiger charge is -2.20. The van der Waals surface area contributed by atoms with Crippen molar-refractivity contribution in [3.8, 4) is 0 Å². The Morgan fingerprint density at radius 1 is 1.24 bits per heavy atom. The molecule has 0 aliphatic rings. The van der Waals surface area contributed by atoms with E-state index in [1.54, 1.807) is 32.2 Å². The van der Waals surface area contributed by atoms with E-state index < -0.39 is 23.4 Å². The molecule has 8 nitrogen and oxygen atoms in total. The number of thiophene rings is 1. The van der Waals surface area contributed by atoms with Crippen LogP contribution in [-0.2, 0) is 16.1 Å². The number of halogens is 1. The van der Waals surface area contributed by atoms with Crippen LogP contribution in [0.25, 0.3) is 10.2 Å². The number of fused-ring (bicyclic) bond motifs is 1. The van der Waals surface area contributed by atoms with Gasteiger partial charge in [0.05, 0.1) is 17.4 Å². The fourth-order valence-electron chi connectivity index (χ4n) is 2.47. The maximum Gasteiger partial charge on any atom is 0.412 e. The van der Waals surface area contributed by atoms with E-state index in [0.29, 0.717) is 10.2 Å². The largest absolute Gasteiger partial charge is 0.444 e. The van der Waals surface area contributed by atoms with Crippen LogP contribution in [0.2, 0.25) is 0 Å². The van der Waals surface area contributed by atoms with Gasteiger partial charge in [0.1, 0.15) is 22.8 Å². The van der Waals surface area contributed by atoms with Crippen LogP contribution in [0.1, 0.15) is 20.8 Å². The number of carbonyl (C=O) groups excluding carboxylic acids is 2. The van der Waals surface area contributed by atoms with Gasteiger partial charge in [-0.25, -0.2) is 14.2 Å². The lowest BCUT2D eigenvalue weighted by molar-refractivity contribution is -0.116. The Balaban J connectivity index is 1.71. The molecule has 0 bridgehead atoms. The first kappa shape index (κ1) is 20.5. The van der Waals surface area contributed by atoms with Crippen molar-refractivity contribution in [2.45, 2.75) is 32.9 Å². The van der Waals surface area contributed by atoms with Crippen molar-refractivity contribution < 1.29 is 18.7 Å². The van der Waals surface area contributed by atoms with Crippen LogP contribution in [0.4, 0.5) is 20.6 Å². The highest BCUT2D eigenvalue weighted by molar-refractivity contribution is 7.16. The number of nitrogens with zero attached hydrogens (tertiary/aromatic N) is 2. The first-order chi connectivity index (χ1) is 13.6. The molecule has 0 aliphatic carbocycles. The molecule has 152 valence electrons. The number of amides is 2. The zero-order chi connectivity index (χ0) is 21.2. The normalized spacial score (nSPS) is 11.3. The molecule has 1 aromatic carbocycles. The second-order valence-corrected chi connectivity index (χ2v) is 8.08. The molecule has 0 fully saturated rings. The maximum absolute atomic E-state index is 14.1. The SMILES string of the molecule is CC(C)(C)OC(=O)Nc1ccc(F)c(NC(=O)Cn2cnc3sccc3c2=O)c1. The van der Waals surface area contributed by atoms with Gasteiger partial charge in [-0.05, 0) is 50.4 Å². The molecule has 0 aliphatic heterocycles. The number of benzene rings is 1. The number of rotatable bonds is 4. The summed E-state index contributed by atoms with van der Waals surface area (Å²) in [7, 11) is 0. The second kappa shape index (κ2) is 8.00. The van der Waals surface area contributed by atoms with Gasteiger partial charge in [-0.15, -0.1) is 11.3 Å². The zero-order valence-electron chi connectivity index (χ0n) is 16.0. The van der Waals surface area contributed by atoms with Crippen molar-refractivity contribution in [3.05, 3.63) is 52.1 Å². The summed E-state index contributed by atoms with van der Waals surface area (Å²) in [5.41, 5.74) is -0.936. The van der Waals surface area contributed by atoms with Crippen LogP contribution in [-0.4, -0.2) is 27.2 Å². The fraction of sp³-hybridized carbons (Fsp3) is 0.263. The number of aromatic nitrogens is 2. The molecule has 29 heavy (non-hydrogen) atoms. The summed E-state index contributed by atoms with van der Waals surface area (Å²) in [5, 5.41) is 7.03. The highest BCUT2D eigenvalue weighted by Crippen LogP contribution is 2.21. The summed E-state index contributed by atoms with van der Waals surface area (Å²) >= 11 is 1.32. The van der Waals surface area contributed by atoms with Crippen molar-refractivity contribution >= 4 is 44.9 Å². The van der Waals surface area contributed by atoms with Crippen molar-refractivity contribution in [3.63, 3.8) is 0 Å². The molecule has 0 atom stereocenters. The number of carbonyl (C=O) groups is 2. The Morgan fingerprint density at radius 2 is 2.00 bits per heavy atom. The maximum atomic E-state index is 14.1. The molecule has 2 N–H and O–H groups in total. The molecule has 0 spiro atoms. The summed E-state index contributed by atoms with van der Waals surface area (Å²) < 4.78 is 20.4. The molecule has 0 saturated carbocycles. The predicted octanol–water partition coefficient (Wildman–Crippen LogP) is 3.58.